The highest BCUT2D eigenvalue weighted by atomic mass is 32.2. The number of ether oxygens (including phenoxy) is 2. The minimum atomic E-state index is -0.726. The van der Waals surface area contributed by atoms with Crippen LogP contribution >= 0.6 is 23.5 Å². The largest absolute Gasteiger partial charge is 0.344 e. The van der Waals surface area contributed by atoms with Crippen LogP contribution in [0.5, 0.6) is 0 Å². The van der Waals surface area contributed by atoms with E-state index in [0.717, 1.165) is 4.90 Å². The van der Waals surface area contributed by atoms with Gasteiger partial charge < -0.3 is 9.47 Å². The Balaban J connectivity index is 1.78. The summed E-state index contributed by atoms with van der Waals surface area (Å²) in [6.45, 7) is 15.9. The molecule has 0 spiro atoms. The highest BCUT2D eigenvalue weighted by Crippen LogP contribution is 2.52. The van der Waals surface area contributed by atoms with E-state index in [0.29, 0.717) is 37.9 Å². The highest BCUT2D eigenvalue weighted by Gasteiger charge is 2.54. The van der Waals surface area contributed by atoms with Crippen LogP contribution < -0.4 is 0 Å². The molecule has 1 saturated heterocycles. The van der Waals surface area contributed by atoms with E-state index in [2.05, 4.69) is 0 Å². The molecule has 206 valence electrons. The van der Waals surface area contributed by atoms with Crippen LogP contribution in [-0.4, -0.2) is 44.7 Å². The molecule has 0 unspecified atom stereocenters. The highest BCUT2D eigenvalue weighted by molar-refractivity contribution is 8.14. The quantitative estimate of drug-likeness (QED) is 0.289. The molecule has 0 bridgehead atoms. The lowest BCUT2D eigenvalue weighted by molar-refractivity contribution is -0.158. The molecule has 1 aromatic carbocycles. The molecule has 4 atom stereocenters. The normalized spacial score (nSPS) is 27.8. The number of ketones is 2. The summed E-state index contributed by atoms with van der Waals surface area (Å²) < 4.78 is 12.2. The second-order valence-electron chi connectivity index (χ2n) is 12.7. The topological polar surface area (TPSA) is 69.7 Å². The maximum atomic E-state index is 13.8. The van der Waals surface area contributed by atoms with Crippen molar-refractivity contribution < 1.29 is 23.9 Å². The molecule has 0 aromatic heterocycles. The van der Waals surface area contributed by atoms with E-state index in [1.807, 2.05) is 85.7 Å². The smallest absolute Gasteiger partial charge is 0.192 e. The minimum Gasteiger partial charge on any atom is -0.344 e. The monoisotopic (exact) mass is 548 g/mol. The van der Waals surface area contributed by atoms with Crippen molar-refractivity contribution in [3.8, 4) is 0 Å². The van der Waals surface area contributed by atoms with Crippen LogP contribution in [0.4, 0.5) is 0 Å². The van der Waals surface area contributed by atoms with E-state index < -0.39 is 16.8 Å². The van der Waals surface area contributed by atoms with Crippen LogP contribution in [0, 0.1) is 17.3 Å². The molecule has 3 rings (SSSR count). The summed E-state index contributed by atoms with van der Waals surface area (Å²) in [6, 6.07) is 9.87. The van der Waals surface area contributed by atoms with Crippen molar-refractivity contribution in [1.82, 2.24) is 0 Å². The first-order valence-electron chi connectivity index (χ1n) is 13.4. The molecule has 1 aliphatic carbocycles. The number of thioether (sulfide) groups is 2. The van der Waals surface area contributed by atoms with Gasteiger partial charge in [-0.1, -0.05) is 57.7 Å². The lowest BCUT2D eigenvalue weighted by Gasteiger charge is -2.38. The lowest BCUT2D eigenvalue weighted by Crippen LogP contribution is -2.42. The third kappa shape index (κ3) is 7.93. The summed E-state index contributed by atoms with van der Waals surface area (Å²) in [4.78, 5) is 40.9. The van der Waals surface area contributed by atoms with Gasteiger partial charge in [0.05, 0.1) is 17.5 Å². The SMILES string of the molecule is CC1(C)O[C@@H](C[C@H](C(=O)SC(C)(C)C)[C@@H]2CCC(=O)[C@@]2(C)CCC(=O)CSc2ccccc2)C(C)(C)O1. The Morgan fingerprint density at radius 1 is 1.08 bits per heavy atom. The van der Waals surface area contributed by atoms with E-state index in [4.69, 9.17) is 9.47 Å². The first-order chi connectivity index (χ1) is 17.0. The number of benzene rings is 1. The molecule has 1 aliphatic heterocycles. The Kier molecular flexibility index (Phi) is 9.47. The second-order valence-corrected chi connectivity index (χ2v) is 15.6. The first-order valence-corrected chi connectivity index (χ1v) is 15.2. The van der Waals surface area contributed by atoms with Gasteiger partial charge in [0.2, 0.25) is 0 Å². The summed E-state index contributed by atoms with van der Waals surface area (Å²) in [5.74, 6) is -0.510. The summed E-state index contributed by atoms with van der Waals surface area (Å²) in [5, 5.41) is 0.105. The van der Waals surface area contributed by atoms with Crippen LogP contribution in [0.1, 0.15) is 87.5 Å². The Hall–Kier alpha value is -1.15. The van der Waals surface area contributed by atoms with Crippen LogP contribution in [0.25, 0.3) is 0 Å². The van der Waals surface area contributed by atoms with Crippen molar-refractivity contribution >= 4 is 40.2 Å². The van der Waals surface area contributed by atoms with E-state index in [1.165, 1.54) is 23.5 Å². The number of rotatable bonds is 10. The second kappa shape index (κ2) is 11.5. The van der Waals surface area contributed by atoms with Gasteiger partial charge >= 0.3 is 0 Å². The van der Waals surface area contributed by atoms with Gasteiger partial charge in [0.15, 0.2) is 10.9 Å². The van der Waals surface area contributed by atoms with Gasteiger partial charge in [-0.05, 0) is 65.0 Å². The zero-order valence-corrected chi connectivity index (χ0v) is 25.4. The molecule has 2 fully saturated rings. The van der Waals surface area contributed by atoms with Gasteiger partial charge in [-0.25, -0.2) is 0 Å². The maximum Gasteiger partial charge on any atom is 0.192 e. The van der Waals surface area contributed by atoms with E-state index in [-0.39, 0.29) is 39.4 Å². The molecule has 37 heavy (non-hydrogen) atoms. The fourth-order valence-electron chi connectivity index (χ4n) is 5.79. The van der Waals surface area contributed by atoms with Gasteiger partial charge in [-0.15, -0.1) is 11.8 Å². The number of carbonyl (C=O) groups excluding carboxylic acids is 3. The Labute approximate surface area is 231 Å². The van der Waals surface area contributed by atoms with Crippen molar-refractivity contribution in [3.63, 3.8) is 0 Å². The molecule has 1 saturated carbocycles. The number of hydrogen-bond donors (Lipinski definition) is 0. The molecule has 0 amide bonds. The molecule has 0 radical (unpaired) electrons. The zero-order valence-electron chi connectivity index (χ0n) is 23.7. The maximum absolute atomic E-state index is 13.8. The van der Waals surface area contributed by atoms with Crippen molar-refractivity contribution in [2.45, 2.75) is 115 Å². The van der Waals surface area contributed by atoms with Gasteiger partial charge in [0.1, 0.15) is 11.6 Å². The Morgan fingerprint density at radius 3 is 2.30 bits per heavy atom. The molecule has 7 heteroatoms. The van der Waals surface area contributed by atoms with Gasteiger partial charge in [0.25, 0.3) is 0 Å². The fraction of sp³-hybridized carbons (Fsp3) is 0.700. The number of carbonyl (C=O) groups is 3. The number of hydrogen-bond acceptors (Lipinski definition) is 7. The van der Waals surface area contributed by atoms with E-state index >= 15 is 0 Å². The molecule has 0 N–H and O–H groups in total. The van der Waals surface area contributed by atoms with E-state index in [9.17, 15) is 14.4 Å². The fourth-order valence-corrected chi connectivity index (χ4v) is 7.63. The summed E-state index contributed by atoms with van der Waals surface area (Å²) in [7, 11) is 0. The van der Waals surface area contributed by atoms with Crippen molar-refractivity contribution in [2.24, 2.45) is 17.3 Å². The summed E-state index contributed by atoms with van der Waals surface area (Å²) in [6.07, 6.45) is 2.18. The molecular weight excluding hydrogens is 504 g/mol. The Morgan fingerprint density at radius 2 is 1.73 bits per heavy atom. The van der Waals surface area contributed by atoms with Crippen LogP contribution in [0.15, 0.2) is 35.2 Å². The first kappa shape index (κ1) is 30.4. The van der Waals surface area contributed by atoms with Crippen LogP contribution in [0.2, 0.25) is 0 Å². The predicted octanol–water partition coefficient (Wildman–Crippen LogP) is 7.11. The Bertz CT molecular complexity index is 981. The predicted molar refractivity (Wildman–Crippen MR) is 152 cm³/mol. The van der Waals surface area contributed by atoms with Gasteiger partial charge in [-0.2, -0.15) is 0 Å². The molecule has 5 nitrogen and oxygen atoms in total. The van der Waals surface area contributed by atoms with Crippen molar-refractivity contribution in [3.05, 3.63) is 30.3 Å². The standard InChI is InChI=1S/C30H44O5S2/c1-27(2,3)37-26(33)22(18-25-28(4,5)35-29(6,7)34-25)23-14-15-24(32)30(23,8)17-16-20(31)19-36-21-12-10-9-11-13-21/h9-13,22-23,25H,14-19H2,1-8H3/t22-,23-,25-,30-/m0/s1. The summed E-state index contributed by atoms with van der Waals surface area (Å²) in [5.41, 5.74) is -1.25. The summed E-state index contributed by atoms with van der Waals surface area (Å²) >= 11 is 2.88. The van der Waals surface area contributed by atoms with Crippen LogP contribution in [0.3, 0.4) is 0 Å². The molecule has 2 aliphatic rings. The van der Waals surface area contributed by atoms with Gasteiger partial charge in [-0.3, -0.25) is 14.4 Å². The zero-order chi connectivity index (χ0) is 27.6. The molecule has 1 aromatic rings. The molecule has 1 heterocycles. The third-order valence-corrected chi connectivity index (χ3v) is 9.77. The molecular formula is C30H44O5S2. The van der Waals surface area contributed by atoms with Gasteiger partial charge in [0, 0.05) is 33.8 Å². The van der Waals surface area contributed by atoms with Crippen LogP contribution in [-0.2, 0) is 23.9 Å². The minimum absolute atomic E-state index is 0.105. The van der Waals surface area contributed by atoms with Crippen molar-refractivity contribution in [2.75, 3.05) is 5.75 Å². The van der Waals surface area contributed by atoms with Crippen molar-refractivity contribution in [1.29, 1.82) is 0 Å². The lowest BCUT2D eigenvalue weighted by atomic mass is 9.68. The number of Topliss-reactive ketones (excluding diaryl/α,β-unsaturated/α-hetero) is 2. The average Bonchev–Trinajstić information content (AvgIpc) is 3.18. The van der Waals surface area contributed by atoms with E-state index in [1.54, 1.807) is 0 Å². The third-order valence-electron chi connectivity index (χ3n) is 7.58. The average molecular weight is 549 g/mol.